The van der Waals surface area contributed by atoms with E-state index in [9.17, 15) is 34.6 Å². The number of carbonyl (C=O) groups is 3. The number of nitro groups is 2. The fourth-order valence-corrected chi connectivity index (χ4v) is 4.56. The summed E-state index contributed by atoms with van der Waals surface area (Å²) in [6.45, 7) is 1.03. The Labute approximate surface area is 187 Å². The van der Waals surface area contributed by atoms with Gasteiger partial charge in [-0.2, -0.15) is 5.10 Å². The van der Waals surface area contributed by atoms with E-state index in [4.69, 9.17) is 0 Å². The van der Waals surface area contributed by atoms with Crippen LogP contribution in [0.1, 0.15) is 32.1 Å². The Morgan fingerprint density at radius 1 is 1.09 bits per heavy atom. The normalized spacial score (nSPS) is 23.7. The largest absolute Gasteiger partial charge is 0.341 e. The number of nitro benzene ring substituents is 2. The van der Waals surface area contributed by atoms with E-state index in [0.717, 1.165) is 29.9 Å². The number of amides is 3. The van der Waals surface area contributed by atoms with Crippen molar-refractivity contribution in [1.29, 1.82) is 0 Å². The van der Waals surface area contributed by atoms with Gasteiger partial charge < -0.3 is 4.90 Å². The number of hydrogen-bond donors (Lipinski definition) is 1. The topological polar surface area (TPSA) is 168 Å². The van der Waals surface area contributed by atoms with Crippen LogP contribution in [0.3, 0.4) is 0 Å². The van der Waals surface area contributed by atoms with Crippen molar-refractivity contribution in [3.05, 3.63) is 38.4 Å². The van der Waals surface area contributed by atoms with Crippen LogP contribution in [0.2, 0.25) is 0 Å². The Bertz CT molecular complexity index is 1060. The SMILES string of the molecule is O=C(CN1C(=O)[C@H]2CC/C(=N\Nc3ccc([N+](=O)[O-])cc3[N+](=O)[O-])C[C@H]2C1=O)N1CCCC1. The fraction of sp³-hybridized carbons (Fsp3) is 0.500. The van der Waals surface area contributed by atoms with E-state index in [1.165, 1.54) is 6.07 Å². The van der Waals surface area contributed by atoms with Crippen molar-refractivity contribution in [2.24, 2.45) is 16.9 Å². The van der Waals surface area contributed by atoms with E-state index in [1.807, 2.05) is 0 Å². The van der Waals surface area contributed by atoms with Gasteiger partial charge in [-0.05, 0) is 38.2 Å². The average Bonchev–Trinajstić information content (AvgIpc) is 3.41. The van der Waals surface area contributed by atoms with Crippen molar-refractivity contribution in [2.45, 2.75) is 32.1 Å². The van der Waals surface area contributed by atoms with Crippen LogP contribution in [-0.2, 0) is 14.4 Å². The van der Waals surface area contributed by atoms with Crippen LogP contribution in [0.25, 0.3) is 0 Å². The van der Waals surface area contributed by atoms with Gasteiger partial charge in [-0.15, -0.1) is 0 Å². The third-order valence-electron chi connectivity index (χ3n) is 6.33. The molecule has 1 saturated carbocycles. The lowest BCUT2D eigenvalue weighted by Crippen LogP contribution is -2.42. The maximum atomic E-state index is 12.9. The van der Waals surface area contributed by atoms with Gasteiger partial charge in [0.25, 0.3) is 5.69 Å². The standard InChI is InChI=1S/C20H22N6O7/c27-18(23-7-1-2-8-23)11-24-19(28)14-5-3-12(9-15(14)20(24)29)21-22-16-6-4-13(25(30)31)10-17(16)26(32)33/h4,6,10,14-15,22H,1-3,5,7-9,11H2/b21-12+/t14-,15+/m0/s1. The molecule has 0 unspecified atom stereocenters. The van der Waals surface area contributed by atoms with Gasteiger partial charge in [0.05, 0.1) is 27.7 Å². The first-order valence-electron chi connectivity index (χ1n) is 10.6. The predicted molar refractivity (Wildman–Crippen MR) is 114 cm³/mol. The monoisotopic (exact) mass is 458 g/mol. The molecule has 1 aromatic rings. The van der Waals surface area contributed by atoms with Gasteiger partial charge in [-0.3, -0.25) is 44.9 Å². The Morgan fingerprint density at radius 2 is 1.79 bits per heavy atom. The van der Waals surface area contributed by atoms with Gasteiger partial charge in [-0.25, -0.2) is 0 Å². The van der Waals surface area contributed by atoms with Crippen molar-refractivity contribution >= 4 is 40.5 Å². The van der Waals surface area contributed by atoms with Crippen molar-refractivity contribution in [1.82, 2.24) is 9.80 Å². The van der Waals surface area contributed by atoms with Gasteiger partial charge >= 0.3 is 5.69 Å². The molecule has 0 spiro atoms. The zero-order valence-corrected chi connectivity index (χ0v) is 17.6. The zero-order valence-electron chi connectivity index (χ0n) is 17.6. The molecule has 13 nitrogen and oxygen atoms in total. The van der Waals surface area contributed by atoms with E-state index in [-0.39, 0.29) is 30.5 Å². The van der Waals surface area contributed by atoms with Crippen molar-refractivity contribution in [3.63, 3.8) is 0 Å². The maximum Gasteiger partial charge on any atom is 0.301 e. The molecular formula is C20H22N6O7. The summed E-state index contributed by atoms with van der Waals surface area (Å²) in [5, 5.41) is 26.3. The maximum absolute atomic E-state index is 12.9. The highest BCUT2D eigenvalue weighted by Crippen LogP contribution is 2.37. The van der Waals surface area contributed by atoms with Gasteiger partial charge in [0.2, 0.25) is 17.7 Å². The summed E-state index contributed by atoms with van der Waals surface area (Å²) >= 11 is 0. The summed E-state index contributed by atoms with van der Waals surface area (Å²) in [5.41, 5.74) is 2.19. The molecule has 3 aliphatic rings. The van der Waals surface area contributed by atoms with Gasteiger partial charge in [0.1, 0.15) is 12.2 Å². The fourth-order valence-electron chi connectivity index (χ4n) is 4.56. The van der Waals surface area contributed by atoms with E-state index < -0.39 is 39.0 Å². The Morgan fingerprint density at radius 3 is 2.45 bits per heavy atom. The molecule has 2 aliphatic heterocycles. The third kappa shape index (κ3) is 4.38. The van der Waals surface area contributed by atoms with Crippen LogP contribution >= 0.6 is 0 Å². The molecule has 13 heteroatoms. The minimum Gasteiger partial charge on any atom is -0.341 e. The number of likely N-dealkylation sites (tertiary alicyclic amines) is 2. The minimum absolute atomic E-state index is 0.0214. The Hall–Kier alpha value is -3.90. The van der Waals surface area contributed by atoms with E-state index in [0.29, 0.717) is 31.6 Å². The molecule has 33 heavy (non-hydrogen) atoms. The number of imide groups is 1. The van der Waals surface area contributed by atoms with Crippen LogP contribution in [0.5, 0.6) is 0 Å². The first-order valence-corrected chi connectivity index (χ1v) is 10.6. The van der Waals surface area contributed by atoms with Gasteiger partial charge in [0, 0.05) is 24.9 Å². The highest BCUT2D eigenvalue weighted by molar-refractivity contribution is 6.09. The average molecular weight is 458 g/mol. The number of nitrogens with one attached hydrogen (secondary N) is 1. The quantitative estimate of drug-likeness (QED) is 0.381. The van der Waals surface area contributed by atoms with Crippen LogP contribution < -0.4 is 5.43 Å². The summed E-state index contributed by atoms with van der Waals surface area (Å²) in [6, 6.07) is 3.16. The minimum atomic E-state index is -0.749. The molecule has 1 aromatic carbocycles. The first-order chi connectivity index (χ1) is 15.8. The van der Waals surface area contributed by atoms with Crippen LogP contribution in [0.15, 0.2) is 23.3 Å². The molecule has 1 N–H and O–H groups in total. The highest BCUT2D eigenvalue weighted by Gasteiger charge is 2.50. The van der Waals surface area contributed by atoms with E-state index >= 15 is 0 Å². The summed E-state index contributed by atoms with van der Waals surface area (Å²) in [4.78, 5) is 61.4. The van der Waals surface area contributed by atoms with Crippen LogP contribution in [0.4, 0.5) is 17.1 Å². The molecule has 2 saturated heterocycles. The van der Waals surface area contributed by atoms with Crippen molar-refractivity contribution in [2.75, 3.05) is 25.1 Å². The van der Waals surface area contributed by atoms with E-state index in [1.54, 1.807) is 4.90 Å². The number of carbonyl (C=O) groups excluding carboxylic acids is 3. The number of benzene rings is 1. The first kappa shape index (κ1) is 22.3. The molecule has 0 bridgehead atoms. The predicted octanol–water partition coefficient (Wildman–Crippen LogP) is 1.68. The zero-order chi connectivity index (χ0) is 23.7. The summed E-state index contributed by atoms with van der Waals surface area (Å²) in [7, 11) is 0. The lowest BCUT2D eigenvalue weighted by molar-refractivity contribution is -0.393. The van der Waals surface area contributed by atoms with Crippen molar-refractivity contribution in [3.8, 4) is 0 Å². The molecule has 4 rings (SSSR count). The number of hydrogen-bond acceptors (Lipinski definition) is 9. The lowest BCUT2D eigenvalue weighted by Gasteiger charge is -2.22. The number of nitrogens with zero attached hydrogens (tertiary/aromatic N) is 5. The molecule has 3 fully saturated rings. The van der Waals surface area contributed by atoms with Crippen LogP contribution in [0, 0.1) is 32.1 Å². The molecule has 1 aliphatic carbocycles. The molecule has 0 aromatic heterocycles. The molecule has 0 radical (unpaired) electrons. The summed E-state index contributed by atoms with van der Waals surface area (Å²) < 4.78 is 0. The summed E-state index contributed by atoms with van der Waals surface area (Å²) in [5.74, 6) is -2.09. The summed E-state index contributed by atoms with van der Waals surface area (Å²) in [6.07, 6.45) is 2.81. The number of hydrazone groups is 1. The van der Waals surface area contributed by atoms with Crippen LogP contribution in [-0.4, -0.2) is 62.7 Å². The Kier molecular flexibility index (Phi) is 6.03. The number of rotatable bonds is 6. The van der Waals surface area contributed by atoms with Gasteiger partial charge in [-0.1, -0.05) is 0 Å². The molecule has 2 heterocycles. The number of anilines is 1. The molecule has 3 amide bonds. The molecular weight excluding hydrogens is 436 g/mol. The van der Waals surface area contributed by atoms with E-state index in [2.05, 4.69) is 10.5 Å². The number of non-ortho nitro benzene ring substituents is 1. The Balaban J connectivity index is 1.44. The highest BCUT2D eigenvalue weighted by atomic mass is 16.6. The number of fused-ring (bicyclic) bond motifs is 1. The second-order valence-electron chi connectivity index (χ2n) is 8.31. The van der Waals surface area contributed by atoms with Gasteiger partial charge in [0.15, 0.2) is 0 Å². The third-order valence-corrected chi connectivity index (χ3v) is 6.33. The second kappa shape index (κ2) is 8.92. The second-order valence-corrected chi connectivity index (χ2v) is 8.31. The molecule has 174 valence electrons. The smallest absolute Gasteiger partial charge is 0.301 e. The van der Waals surface area contributed by atoms with Crippen molar-refractivity contribution < 1.29 is 24.2 Å². The lowest BCUT2D eigenvalue weighted by atomic mass is 9.80. The molecule has 2 atom stereocenters.